The van der Waals surface area contributed by atoms with Crippen LogP contribution in [0.5, 0.6) is 0 Å². The molecule has 0 saturated heterocycles. The van der Waals surface area contributed by atoms with Crippen molar-refractivity contribution < 1.29 is 0 Å². The lowest BCUT2D eigenvalue weighted by Gasteiger charge is -2.10. The summed E-state index contributed by atoms with van der Waals surface area (Å²) >= 11 is 1.60. The van der Waals surface area contributed by atoms with Crippen LogP contribution in [0.1, 0.15) is 5.69 Å². The topological polar surface area (TPSA) is 79.7 Å². The Labute approximate surface area is 155 Å². The second-order valence-electron chi connectivity index (χ2n) is 6.38. The molecule has 4 aromatic rings. The Morgan fingerprint density at radius 3 is 2.73 bits per heavy atom. The molecule has 7 nitrogen and oxygen atoms in total. The molecule has 0 aromatic carbocycles. The molecule has 0 spiro atoms. The normalized spacial score (nSPS) is 11.5. The summed E-state index contributed by atoms with van der Waals surface area (Å²) in [6.07, 6.45) is 3.60. The third-order valence-corrected chi connectivity index (χ3v) is 5.19. The summed E-state index contributed by atoms with van der Waals surface area (Å²) in [5, 5.41) is 16.9. The lowest BCUT2D eigenvalue weighted by Crippen LogP contribution is -2.21. The molecule has 4 aromatic heterocycles. The number of nitrogens with zero attached hydrogens (tertiary/aromatic N) is 6. The molecule has 0 atom stereocenters. The second kappa shape index (κ2) is 6.89. The zero-order chi connectivity index (χ0) is 18.1. The SMILES string of the molecule is Cc1cc(-c2ccncc2)c2c(n1)sc1c(NCCN(C)C)nnnc12. The molecule has 4 heterocycles. The van der Waals surface area contributed by atoms with Crippen LogP contribution in [0, 0.1) is 6.92 Å². The van der Waals surface area contributed by atoms with Gasteiger partial charge in [-0.1, -0.05) is 0 Å². The first kappa shape index (κ1) is 16.7. The maximum absolute atomic E-state index is 4.72. The Balaban J connectivity index is 1.89. The van der Waals surface area contributed by atoms with Gasteiger partial charge in [-0.25, -0.2) is 4.98 Å². The summed E-state index contributed by atoms with van der Waals surface area (Å²) in [5.74, 6) is 0.762. The monoisotopic (exact) mass is 365 g/mol. The van der Waals surface area contributed by atoms with Crippen molar-refractivity contribution in [2.75, 3.05) is 32.5 Å². The van der Waals surface area contributed by atoms with Crippen molar-refractivity contribution in [3.05, 3.63) is 36.3 Å². The van der Waals surface area contributed by atoms with Crippen molar-refractivity contribution in [2.24, 2.45) is 0 Å². The van der Waals surface area contributed by atoms with Crippen LogP contribution in [0.25, 0.3) is 31.6 Å². The molecule has 0 aliphatic heterocycles. The Bertz CT molecular complexity index is 1060. The average Bonchev–Trinajstić information content (AvgIpc) is 3.00. The van der Waals surface area contributed by atoms with Crippen molar-refractivity contribution >= 4 is 37.6 Å². The molecular weight excluding hydrogens is 346 g/mol. The van der Waals surface area contributed by atoms with E-state index >= 15 is 0 Å². The number of aromatic nitrogens is 5. The van der Waals surface area contributed by atoms with Crippen LogP contribution in [-0.2, 0) is 0 Å². The Hall–Kier alpha value is -2.71. The molecule has 1 N–H and O–H groups in total. The average molecular weight is 365 g/mol. The van der Waals surface area contributed by atoms with E-state index in [1.54, 1.807) is 23.7 Å². The Morgan fingerprint density at radius 2 is 1.96 bits per heavy atom. The Morgan fingerprint density at radius 1 is 1.15 bits per heavy atom. The number of anilines is 1. The van der Waals surface area contributed by atoms with E-state index in [2.05, 4.69) is 36.7 Å². The van der Waals surface area contributed by atoms with Crippen LogP contribution in [0.15, 0.2) is 30.6 Å². The summed E-state index contributed by atoms with van der Waals surface area (Å²) < 4.78 is 0.988. The summed E-state index contributed by atoms with van der Waals surface area (Å²) in [5.41, 5.74) is 4.00. The number of likely N-dealkylation sites (N-methyl/N-ethyl adjacent to an activating group) is 1. The van der Waals surface area contributed by atoms with Crippen molar-refractivity contribution in [3.63, 3.8) is 0 Å². The van der Waals surface area contributed by atoms with Gasteiger partial charge in [0.05, 0.1) is 0 Å². The number of hydrogen-bond acceptors (Lipinski definition) is 8. The van der Waals surface area contributed by atoms with Gasteiger partial charge in [0.2, 0.25) is 0 Å². The molecule has 0 aliphatic rings. The van der Waals surface area contributed by atoms with Crippen molar-refractivity contribution in [1.82, 2.24) is 30.3 Å². The van der Waals surface area contributed by atoms with E-state index in [0.29, 0.717) is 0 Å². The fraction of sp³-hybridized carbons (Fsp3) is 0.278. The van der Waals surface area contributed by atoms with Gasteiger partial charge >= 0.3 is 0 Å². The maximum Gasteiger partial charge on any atom is 0.170 e. The predicted molar refractivity (Wildman–Crippen MR) is 106 cm³/mol. The zero-order valence-corrected chi connectivity index (χ0v) is 15.7. The smallest absolute Gasteiger partial charge is 0.170 e. The largest absolute Gasteiger partial charge is 0.366 e. The highest BCUT2D eigenvalue weighted by atomic mass is 32.1. The molecule has 4 rings (SSSR count). The number of hydrogen-bond donors (Lipinski definition) is 1. The van der Waals surface area contributed by atoms with Gasteiger partial charge in [-0.3, -0.25) is 4.98 Å². The van der Waals surface area contributed by atoms with E-state index in [9.17, 15) is 0 Å². The number of fused-ring (bicyclic) bond motifs is 3. The third-order valence-electron chi connectivity index (χ3n) is 4.11. The fourth-order valence-corrected chi connectivity index (χ4v) is 4.03. The molecule has 0 saturated carbocycles. The van der Waals surface area contributed by atoms with Gasteiger partial charge in [0.1, 0.15) is 15.0 Å². The molecule has 0 amide bonds. The van der Waals surface area contributed by atoms with E-state index in [1.807, 2.05) is 33.2 Å². The maximum atomic E-state index is 4.72. The molecule has 0 radical (unpaired) electrons. The first-order valence-electron chi connectivity index (χ1n) is 8.35. The number of nitrogens with one attached hydrogen (secondary N) is 1. The Kier molecular flexibility index (Phi) is 4.44. The minimum Gasteiger partial charge on any atom is -0.366 e. The summed E-state index contributed by atoms with van der Waals surface area (Å²) in [6, 6.07) is 6.09. The van der Waals surface area contributed by atoms with Crippen molar-refractivity contribution in [1.29, 1.82) is 0 Å². The highest BCUT2D eigenvalue weighted by molar-refractivity contribution is 7.26. The molecule has 0 fully saturated rings. The van der Waals surface area contributed by atoms with Gasteiger partial charge in [-0.15, -0.1) is 21.5 Å². The first-order valence-corrected chi connectivity index (χ1v) is 9.17. The van der Waals surface area contributed by atoms with Crippen LogP contribution >= 0.6 is 11.3 Å². The van der Waals surface area contributed by atoms with E-state index in [0.717, 1.165) is 56.2 Å². The van der Waals surface area contributed by atoms with Crippen LogP contribution < -0.4 is 5.32 Å². The number of thiophene rings is 1. The standard InChI is InChI=1S/C18H19N7S/c1-11-10-13(12-4-6-19-7-5-12)14-15-16(26-18(14)21-11)17(23-24-22-15)20-8-9-25(2)3/h4-7,10H,8-9H2,1-3H3,(H,20,22,23). The minimum absolute atomic E-state index is 0.762. The van der Waals surface area contributed by atoms with E-state index in [-0.39, 0.29) is 0 Å². The summed E-state index contributed by atoms with van der Waals surface area (Å²) in [4.78, 5) is 11.9. The second-order valence-corrected chi connectivity index (χ2v) is 7.37. The van der Waals surface area contributed by atoms with E-state index in [1.165, 1.54) is 0 Å². The summed E-state index contributed by atoms with van der Waals surface area (Å²) in [7, 11) is 4.09. The van der Waals surface area contributed by atoms with Gasteiger partial charge in [-0.2, -0.15) is 0 Å². The quantitative estimate of drug-likeness (QED) is 0.582. The van der Waals surface area contributed by atoms with Crippen LogP contribution in [0.4, 0.5) is 5.82 Å². The van der Waals surface area contributed by atoms with Crippen LogP contribution in [0.3, 0.4) is 0 Å². The van der Waals surface area contributed by atoms with E-state index < -0.39 is 0 Å². The third kappa shape index (κ3) is 3.09. The van der Waals surface area contributed by atoms with Crippen molar-refractivity contribution in [3.8, 4) is 11.1 Å². The fourth-order valence-electron chi connectivity index (χ4n) is 2.89. The zero-order valence-electron chi connectivity index (χ0n) is 14.9. The van der Waals surface area contributed by atoms with Crippen LogP contribution in [0.2, 0.25) is 0 Å². The van der Waals surface area contributed by atoms with Gasteiger partial charge in [-0.05, 0) is 55.6 Å². The molecule has 0 aliphatic carbocycles. The number of rotatable bonds is 5. The van der Waals surface area contributed by atoms with Crippen molar-refractivity contribution in [2.45, 2.75) is 6.92 Å². The molecular formula is C18H19N7S. The predicted octanol–water partition coefficient (Wildman–Crippen LogP) is 2.98. The molecule has 26 heavy (non-hydrogen) atoms. The van der Waals surface area contributed by atoms with Gasteiger partial charge in [0.25, 0.3) is 0 Å². The molecule has 132 valence electrons. The lowest BCUT2D eigenvalue weighted by atomic mass is 10.0. The van der Waals surface area contributed by atoms with Crippen LogP contribution in [-0.4, -0.2) is 57.5 Å². The minimum atomic E-state index is 0.762. The lowest BCUT2D eigenvalue weighted by molar-refractivity contribution is 0.425. The summed E-state index contributed by atoms with van der Waals surface area (Å²) in [6.45, 7) is 3.71. The first-order chi connectivity index (χ1) is 12.6. The van der Waals surface area contributed by atoms with E-state index in [4.69, 9.17) is 4.98 Å². The highest BCUT2D eigenvalue weighted by Crippen LogP contribution is 2.40. The number of pyridine rings is 2. The highest BCUT2D eigenvalue weighted by Gasteiger charge is 2.17. The van der Waals surface area contributed by atoms with Gasteiger partial charge in [0.15, 0.2) is 5.82 Å². The van der Waals surface area contributed by atoms with Gasteiger partial charge < -0.3 is 10.2 Å². The number of aryl methyl sites for hydroxylation is 1. The molecule has 8 heteroatoms. The van der Waals surface area contributed by atoms with Gasteiger partial charge in [0, 0.05) is 36.6 Å². The molecule has 0 bridgehead atoms. The molecule has 0 unspecified atom stereocenters.